The Morgan fingerprint density at radius 3 is 2.45 bits per heavy atom. The van der Waals surface area contributed by atoms with Gasteiger partial charge in [0.25, 0.3) is 0 Å². The number of hydrogen-bond donors (Lipinski definition) is 2. The van der Waals surface area contributed by atoms with Gasteiger partial charge >= 0.3 is 18.9 Å². The van der Waals surface area contributed by atoms with Crippen molar-refractivity contribution in [3.63, 3.8) is 0 Å². The Bertz CT molecular complexity index is 611. The zero-order valence-corrected chi connectivity index (χ0v) is 11.4. The third-order valence-corrected chi connectivity index (χ3v) is 3.10. The Balaban J connectivity index is 2.58. The highest BCUT2D eigenvalue weighted by Crippen LogP contribution is 2.22. The molecular weight excluding hydrogens is 261 g/mol. The summed E-state index contributed by atoms with van der Waals surface area (Å²) in [6.45, 7) is 0.638. The molecule has 0 atom stereocenters. The van der Waals surface area contributed by atoms with Gasteiger partial charge in [-0.05, 0) is 24.0 Å². The van der Waals surface area contributed by atoms with Gasteiger partial charge in [0.2, 0.25) is 0 Å². The number of ether oxygens (including phenoxy) is 2. The zero-order valence-electron chi connectivity index (χ0n) is 11.4. The summed E-state index contributed by atoms with van der Waals surface area (Å²) in [5.74, 6) is -1.52. The molecule has 0 fully saturated rings. The summed E-state index contributed by atoms with van der Waals surface area (Å²) in [5.41, 5.74) is 1.75. The average molecular weight is 275 g/mol. The lowest BCUT2D eigenvalue weighted by Gasteiger charge is -2.24. The minimum atomic E-state index is -1.24. The number of rotatable bonds is 2. The summed E-state index contributed by atoms with van der Waals surface area (Å²) in [7, 11) is 2.38. The second-order valence-electron chi connectivity index (χ2n) is 4.39. The first-order valence-electron chi connectivity index (χ1n) is 5.96. The SMILES string of the molecule is COC(=O)C1=C(C(=O)OC)B(O)c2ccc(C)cc2N1. The smallest absolute Gasteiger partial charge is 0.371 e. The molecule has 0 bridgehead atoms. The molecule has 7 heteroatoms. The van der Waals surface area contributed by atoms with Crippen LogP contribution >= 0.6 is 0 Å². The molecule has 1 aliphatic rings. The molecule has 0 aromatic heterocycles. The van der Waals surface area contributed by atoms with Crippen molar-refractivity contribution < 1.29 is 24.1 Å². The van der Waals surface area contributed by atoms with Gasteiger partial charge in [0.15, 0.2) is 0 Å². The maximum absolute atomic E-state index is 11.8. The van der Waals surface area contributed by atoms with E-state index in [1.165, 1.54) is 14.2 Å². The van der Waals surface area contributed by atoms with Gasteiger partial charge in [0, 0.05) is 5.69 Å². The first-order chi connectivity index (χ1) is 9.49. The Morgan fingerprint density at radius 1 is 1.20 bits per heavy atom. The Morgan fingerprint density at radius 2 is 1.85 bits per heavy atom. The fourth-order valence-corrected chi connectivity index (χ4v) is 2.10. The minimum Gasteiger partial charge on any atom is -0.466 e. The van der Waals surface area contributed by atoms with E-state index >= 15 is 0 Å². The zero-order chi connectivity index (χ0) is 14.9. The molecule has 0 saturated carbocycles. The molecule has 1 aromatic carbocycles. The van der Waals surface area contributed by atoms with Crippen LogP contribution in [0.1, 0.15) is 5.56 Å². The number of benzene rings is 1. The van der Waals surface area contributed by atoms with Crippen molar-refractivity contribution in [3.05, 3.63) is 34.9 Å². The third-order valence-electron chi connectivity index (χ3n) is 3.10. The fourth-order valence-electron chi connectivity index (χ4n) is 2.10. The number of hydrogen-bond acceptors (Lipinski definition) is 6. The quantitative estimate of drug-likeness (QED) is 0.572. The average Bonchev–Trinajstić information content (AvgIpc) is 2.45. The number of aryl methyl sites for hydroxylation is 1. The highest BCUT2D eigenvalue weighted by molar-refractivity contribution is 6.80. The first-order valence-corrected chi connectivity index (χ1v) is 5.96. The predicted molar refractivity (Wildman–Crippen MR) is 73.5 cm³/mol. The van der Waals surface area contributed by atoms with E-state index in [0.717, 1.165) is 5.56 Å². The van der Waals surface area contributed by atoms with Gasteiger partial charge in [-0.3, -0.25) is 0 Å². The molecule has 6 nitrogen and oxygen atoms in total. The van der Waals surface area contributed by atoms with Crippen molar-refractivity contribution in [1.29, 1.82) is 0 Å². The molecular formula is C13H14BNO5. The molecule has 1 aromatic rings. The number of nitrogens with one attached hydrogen (secondary N) is 1. The maximum Gasteiger partial charge on any atom is 0.371 e. The standard InChI is InChI=1S/C13H14BNO5/c1-7-4-5-8-9(6-7)15-11(13(17)20-3)10(14(8)18)12(16)19-2/h4-6,15,18H,1-3H3. The van der Waals surface area contributed by atoms with Gasteiger partial charge in [0.1, 0.15) is 5.70 Å². The summed E-state index contributed by atoms with van der Waals surface area (Å²) in [6.07, 6.45) is 0. The Hall–Kier alpha value is -2.28. The molecule has 0 saturated heterocycles. The number of anilines is 1. The third kappa shape index (κ3) is 2.27. The van der Waals surface area contributed by atoms with E-state index in [2.05, 4.69) is 14.8 Å². The molecule has 1 aliphatic heterocycles. The van der Waals surface area contributed by atoms with E-state index in [0.29, 0.717) is 11.2 Å². The van der Waals surface area contributed by atoms with Gasteiger partial charge < -0.3 is 19.8 Å². The van der Waals surface area contributed by atoms with Crippen LogP contribution in [0.2, 0.25) is 0 Å². The highest BCUT2D eigenvalue weighted by atomic mass is 16.5. The number of fused-ring (bicyclic) bond motifs is 1. The van der Waals surface area contributed by atoms with Gasteiger partial charge in [-0.25, -0.2) is 9.59 Å². The van der Waals surface area contributed by atoms with Crippen LogP contribution in [0, 0.1) is 6.92 Å². The van der Waals surface area contributed by atoms with Crippen LogP contribution in [0.25, 0.3) is 0 Å². The first kappa shape index (κ1) is 14.1. The molecule has 0 unspecified atom stereocenters. The molecule has 0 amide bonds. The van der Waals surface area contributed by atoms with Crippen LogP contribution in [0.15, 0.2) is 29.4 Å². The second-order valence-corrected chi connectivity index (χ2v) is 4.39. The lowest BCUT2D eigenvalue weighted by atomic mass is 9.52. The predicted octanol–water partition coefficient (Wildman–Crippen LogP) is -0.249. The molecule has 20 heavy (non-hydrogen) atoms. The highest BCUT2D eigenvalue weighted by Gasteiger charge is 2.38. The number of methoxy groups -OCH3 is 2. The molecule has 0 spiro atoms. The lowest BCUT2D eigenvalue weighted by Crippen LogP contribution is -2.44. The van der Waals surface area contributed by atoms with E-state index in [1.807, 2.05) is 13.0 Å². The van der Waals surface area contributed by atoms with E-state index in [9.17, 15) is 14.6 Å². The van der Waals surface area contributed by atoms with Crippen molar-refractivity contribution in [3.8, 4) is 0 Å². The van der Waals surface area contributed by atoms with Crippen molar-refractivity contribution in [2.24, 2.45) is 0 Å². The van der Waals surface area contributed by atoms with Crippen LogP contribution in [0.5, 0.6) is 0 Å². The van der Waals surface area contributed by atoms with Crippen LogP contribution in [-0.4, -0.2) is 38.1 Å². The topological polar surface area (TPSA) is 84.9 Å². The molecule has 104 valence electrons. The summed E-state index contributed by atoms with van der Waals surface area (Å²) in [6, 6.07) is 5.27. The molecule has 2 rings (SSSR count). The summed E-state index contributed by atoms with van der Waals surface area (Å²) in [4.78, 5) is 23.6. The number of carbonyl (C=O) groups excluding carboxylic acids is 2. The van der Waals surface area contributed by atoms with E-state index in [-0.39, 0.29) is 11.2 Å². The van der Waals surface area contributed by atoms with Crippen molar-refractivity contribution in [2.45, 2.75) is 6.92 Å². The normalized spacial score (nSPS) is 13.5. The second kappa shape index (κ2) is 5.38. The molecule has 0 radical (unpaired) electrons. The van der Waals surface area contributed by atoms with E-state index in [4.69, 9.17) is 0 Å². The van der Waals surface area contributed by atoms with Gasteiger partial charge in [0.05, 0.1) is 19.7 Å². The van der Waals surface area contributed by atoms with Crippen LogP contribution in [0.4, 0.5) is 5.69 Å². The Labute approximate surface area is 116 Å². The largest absolute Gasteiger partial charge is 0.466 e. The summed E-state index contributed by atoms with van der Waals surface area (Å²) in [5, 5.41) is 13.2. The van der Waals surface area contributed by atoms with Crippen molar-refractivity contribution in [2.75, 3.05) is 19.5 Å². The Kier molecular flexibility index (Phi) is 3.80. The van der Waals surface area contributed by atoms with Gasteiger partial charge in [-0.2, -0.15) is 0 Å². The van der Waals surface area contributed by atoms with Crippen LogP contribution in [-0.2, 0) is 19.1 Å². The van der Waals surface area contributed by atoms with Crippen LogP contribution < -0.4 is 10.8 Å². The molecule has 1 heterocycles. The van der Waals surface area contributed by atoms with E-state index in [1.54, 1.807) is 12.1 Å². The van der Waals surface area contributed by atoms with Crippen LogP contribution in [0.3, 0.4) is 0 Å². The van der Waals surface area contributed by atoms with Crippen molar-refractivity contribution in [1.82, 2.24) is 0 Å². The van der Waals surface area contributed by atoms with Gasteiger partial charge in [-0.1, -0.05) is 12.1 Å². The van der Waals surface area contributed by atoms with Gasteiger partial charge in [-0.15, -0.1) is 0 Å². The maximum atomic E-state index is 11.8. The monoisotopic (exact) mass is 275 g/mol. The summed E-state index contributed by atoms with van der Waals surface area (Å²) < 4.78 is 9.25. The minimum absolute atomic E-state index is 0.107. The van der Waals surface area contributed by atoms with E-state index < -0.39 is 18.9 Å². The lowest BCUT2D eigenvalue weighted by molar-refractivity contribution is -0.138. The number of carbonyl (C=O) groups is 2. The molecule has 2 N–H and O–H groups in total. The van der Waals surface area contributed by atoms with Crippen molar-refractivity contribution >= 4 is 30.0 Å². The summed E-state index contributed by atoms with van der Waals surface area (Å²) >= 11 is 0. The fraction of sp³-hybridized carbons (Fsp3) is 0.231. The molecule has 0 aliphatic carbocycles. The number of esters is 2.